The summed E-state index contributed by atoms with van der Waals surface area (Å²) in [5.41, 5.74) is 4.78. The van der Waals surface area contributed by atoms with E-state index >= 15 is 0 Å². The molecule has 0 bridgehead atoms. The first kappa shape index (κ1) is 16.8. The van der Waals surface area contributed by atoms with Crippen LogP contribution in [0.1, 0.15) is 16.2 Å². The summed E-state index contributed by atoms with van der Waals surface area (Å²) in [4.78, 5) is 23.8. The lowest BCUT2D eigenvalue weighted by Crippen LogP contribution is -2.43. The van der Waals surface area contributed by atoms with Crippen LogP contribution in [0.3, 0.4) is 0 Å². The number of amides is 2. The van der Waals surface area contributed by atoms with Gasteiger partial charge in [0.05, 0.1) is 14.2 Å². The van der Waals surface area contributed by atoms with E-state index in [1.54, 1.807) is 12.1 Å². The SMILES string of the molecule is COc1ccc(C(=O)NNC(=O)Cn2cnnc2C#N)cc1OC. The number of nitrogens with zero attached hydrogens (tertiary/aromatic N) is 4. The second kappa shape index (κ2) is 7.59. The number of hydrogen-bond acceptors (Lipinski definition) is 7. The normalized spacial score (nSPS) is 9.71. The monoisotopic (exact) mass is 330 g/mol. The average molecular weight is 330 g/mol. The Morgan fingerprint density at radius 1 is 1.25 bits per heavy atom. The van der Waals surface area contributed by atoms with Crippen LogP contribution in [-0.2, 0) is 11.3 Å². The first-order chi connectivity index (χ1) is 11.6. The van der Waals surface area contributed by atoms with Crippen LogP contribution in [0.15, 0.2) is 24.5 Å². The van der Waals surface area contributed by atoms with Crippen LogP contribution in [0.5, 0.6) is 11.5 Å². The molecule has 2 aromatic rings. The number of hydrogen-bond donors (Lipinski definition) is 2. The Balaban J connectivity index is 1.95. The van der Waals surface area contributed by atoms with Gasteiger partial charge in [0.15, 0.2) is 11.5 Å². The third-order valence-electron chi connectivity index (χ3n) is 2.99. The Labute approximate surface area is 137 Å². The molecular formula is C14H14N6O4. The van der Waals surface area contributed by atoms with Crippen molar-refractivity contribution in [3.63, 3.8) is 0 Å². The molecule has 0 saturated carbocycles. The molecule has 0 atom stereocenters. The number of ether oxygens (including phenoxy) is 2. The first-order valence-electron chi connectivity index (χ1n) is 6.68. The molecule has 0 radical (unpaired) electrons. The van der Waals surface area contributed by atoms with Gasteiger partial charge in [0, 0.05) is 5.56 Å². The van der Waals surface area contributed by atoms with Gasteiger partial charge >= 0.3 is 0 Å². The minimum absolute atomic E-state index is 0.00336. The zero-order chi connectivity index (χ0) is 17.5. The number of rotatable bonds is 5. The van der Waals surface area contributed by atoms with E-state index in [2.05, 4.69) is 21.0 Å². The molecule has 24 heavy (non-hydrogen) atoms. The standard InChI is InChI=1S/C14H14N6O4/c1-23-10-4-3-9(5-11(10)24-2)14(22)19-18-13(21)7-20-8-16-17-12(20)6-15/h3-5,8H,7H2,1-2H3,(H,18,21)(H,19,22). The van der Waals surface area contributed by atoms with Gasteiger partial charge in [0.2, 0.25) is 5.82 Å². The van der Waals surface area contributed by atoms with Crippen LogP contribution in [-0.4, -0.2) is 40.8 Å². The van der Waals surface area contributed by atoms with Crippen molar-refractivity contribution in [3.8, 4) is 17.6 Å². The fourth-order valence-corrected chi connectivity index (χ4v) is 1.83. The zero-order valence-corrected chi connectivity index (χ0v) is 12.9. The molecule has 0 unspecified atom stereocenters. The third kappa shape index (κ3) is 3.77. The smallest absolute Gasteiger partial charge is 0.269 e. The van der Waals surface area contributed by atoms with Gasteiger partial charge in [-0.25, -0.2) is 0 Å². The van der Waals surface area contributed by atoms with Crippen molar-refractivity contribution in [2.45, 2.75) is 6.54 Å². The Hall–Kier alpha value is -3.61. The fraction of sp³-hybridized carbons (Fsp3) is 0.214. The van der Waals surface area contributed by atoms with Gasteiger partial charge in [-0.15, -0.1) is 10.2 Å². The zero-order valence-electron chi connectivity index (χ0n) is 12.9. The molecule has 124 valence electrons. The Kier molecular flexibility index (Phi) is 5.30. The number of nitrogens with one attached hydrogen (secondary N) is 2. The highest BCUT2D eigenvalue weighted by molar-refractivity contribution is 5.96. The molecular weight excluding hydrogens is 316 g/mol. The molecule has 1 aromatic heterocycles. The summed E-state index contributed by atoms with van der Waals surface area (Å²) in [5, 5.41) is 15.8. The number of benzene rings is 1. The lowest BCUT2D eigenvalue weighted by Gasteiger charge is -2.11. The molecule has 0 saturated heterocycles. The number of nitriles is 1. The number of hydrazine groups is 1. The second-order valence-corrected chi connectivity index (χ2v) is 4.47. The molecule has 2 amide bonds. The number of methoxy groups -OCH3 is 2. The van der Waals surface area contributed by atoms with Gasteiger partial charge in [-0.2, -0.15) is 5.26 Å². The van der Waals surface area contributed by atoms with E-state index in [0.29, 0.717) is 11.5 Å². The molecule has 0 aliphatic rings. The molecule has 2 N–H and O–H groups in total. The number of carbonyl (C=O) groups is 2. The summed E-state index contributed by atoms with van der Waals surface area (Å²) in [6, 6.07) is 6.37. The van der Waals surface area contributed by atoms with Crippen molar-refractivity contribution in [2.24, 2.45) is 0 Å². The highest BCUT2D eigenvalue weighted by Crippen LogP contribution is 2.27. The van der Waals surface area contributed by atoms with Crippen molar-refractivity contribution in [3.05, 3.63) is 35.9 Å². The predicted molar refractivity (Wildman–Crippen MR) is 79.9 cm³/mol. The van der Waals surface area contributed by atoms with Crippen LogP contribution in [0, 0.1) is 11.3 Å². The minimum Gasteiger partial charge on any atom is -0.493 e. The Morgan fingerprint density at radius 2 is 2.00 bits per heavy atom. The van der Waals surface area contributed by atoms with Crippen molar-refractivity contribution in [1.82, 2.24) is 25.6 Å². The van der Waals surface area contributed by atoms with E-state index in [1.807, 2.05) is 0 Å². The number of aromatic nitrogens is 3. The fourth-order valence-electron chi connectivity index (χ4n) is 1.83. The molecule has 10 nitrogen and oxygen atoms in total. The maximum Gasteiger partial charge on any atom is 0.269 e. The molecule has 10 heteroatoms. The van der Waals surface area contributed by atoms with Crippen molar-refractivity contribution >= 4 is 11.8 Å². The summed E-state index contributed by atoms with van der Waals surface area (Å²) in [7, 11) is 2.94. The van der Waals surface area contributed by atoms with E-state index < -0.39 is 11.8 Å². The van der Waals surface area contributed by atoms with Crippen molar-refractivity contribution in [2.75, 3.05) is 14.2 Å². The van der Waals surface area contributed by atoms with Crippen LogP contribution in [0.25, 0.3) is 0 Å². The summed E-state index contributed by atoms with van der Waals surface area (Å²) >= 11 is 0. The number of carbonyl (C=O) groups excluding carboxylic acids is 2. The second-order valence-electron chi connectivity index (χ2n) is 4.47. The molecule has 0 aliphatic heterocycles. The topological polar surface area (TPSA) is 131 Å². The third-order valence-corrected chi connectivity index (χ3v) is 2.99. The first-order valence-corrected chi connectivity index (χ1v) is 6.68. The van der Waals surface area contributed by atoms with Crippen LogP contribution in [0.2, 0.25) is 0 Å². The highest BCUT2D eigenvalue weighted by atomic mass is 16.5. The average Bonchev–Trinajstić information content (AvgIpc) is 3.05. The lowest BCUT2D eigenvalue weighted by molar-refractivity contribution is -0.122. The highest BCUT2D eigenvalue weighted by Gasteiger charge is 2.12. The summed E-state index contributed by atoms with van der Waals surface area (Å²) in [6.07, 6.45) is 1.24. The van der Waals surface area contributed by atoms with Crippen molar-refractivity contribution in [1.29, 1.82) is 5.26 Å². The maximum absolute atomic E-state index is 12.0. The van der Waals surface area contributed by atoms with Crippen LogP contribution in [0.4, 0.5) is 0 Å². The summed E-state index contributed by atoms with van der Waals surface area (Å²) < 4.78 is 11.4. The van der Waals surface area contributed by atoms with Gasteiger partial charge in [0.1, 0.15) is 18.9 Å². The van der Waals surface area contributed by atoms with Crippen molar-refractivity contribution < 1.29 is 19.1 Å². The van der Waals surface area contributed by atoms with Gasteiger partial charge in [-0.05, 0) is 18.2 Å². The van der Waals surface area contributed by atoms with Crippen LogP contribution >= 0.6 is 0 Å². The van der Waals surface area contributed by atoms with Crippen LogP contribution < -0.4 is 20.3 Å². The van der Waals surface area contributed by atoms with E-state index in [-0.39, 0.29) is 17.9 Å². The van der Waals surface area contributed by atoms with Gasteiger partial charge in [0.25, 0.3) is 11.8 Å². The Bertz CT molecular complexity index is 795. The van der Waals surface area contributed by atoms with E-state index in [0.717, 1.165) is 0 Å². The van der Waals surface area contributed by atoms with Gasteiger partial charge in [-0.1, -0.05) is 0 Å². The van der Waals surface area contributed by atoms with E-state index in [1.165, 1.54) is 37.2 Å². The summed E-state index contributed by atoms with van der Waals surface area (Å²) in [6.45, 7) is -0.206. The predicted octanol–water partition coefficient (Wildman–Crippen LogP) is -0.372. The van der Waals surface area contributed by atoms with E-state index in [9.17, 15) is 9.59 Å². The molecule has 0 spiro atoms. The van der Waals surface area contributed by atoms with Gasteiger partial charge < -0.3 is 9.47 Å². The molecule has 2 rings (SSSR count). The molecule has 1 heterocycles. The summed E-state index contributed by atoms with van der Waals surface area (Å²) in [5.74, 6) is -0.209. The Morgan fingerprint density at radius 3 is 2.67 bits per heavy atom. The van der Waals surface area contributed by atoms with Gasteiger partial charge in [-0.3, -0.25) is 25.0 Å². The molecule has 0 aliphatic carbocycles. The largest absolute Gasteiger partial charge is 0.493 e. The molecule has 0 fully saturated rings. The quantitative estimate of drug-likeness (QED) is 0.715. The minimum atomic E-state index is -0.542. The lowest BCUT2D eigenvalue weighted by atomic mass is 10.2. The maximum atomic E-state index is 12.0. The van der Waals surface area contributed by atoms with E-state index in [4.69, 9.17) is 14.7 Å². The molecule has 1 aromatic carbocycles.